The Morgan fingerprint density at radius 3 is 2.41 bits per heavy atom. The molecule has 3 aromatic rings. The number of carbonyl (C=O) groups excluding carboxylic acids is 1. The van der Waals surface area contributed by atoms with Gasteiger partial charge >= 0.3 is 0 Å². The van der Waals surface area contributed by atoms with Gasteiger partial charge in [-0.25, -0.2) is 8.42 Å². The van der Waals surface area contributed by atoms with Crippen molar-refractivity contribution in [2.75, 3.05) is 62.5 Å². The summed E-state index contributed by atoms with van der Waals surface area (Å²) in [6, 6.07) is 21.9. The molecule has 0 atom stereocenters. The Morgan fingerprint density at radius 2 is 1.72 bits per heavy atom. The van der Waals surface area contributed by atoms with Gasteiger partial charge in [0.1, 0.15) is 5.75 Å². The molecule has 46 heavy (non-hydrogen) atoms. The smallest absolute Gasteiger partial charge is 0.251 e. The zero-order chi connectivity index (χ0) is 32.5. The number of hydrogen-bond acceptors (Lipinski definition) is 7. The number of hydrogen-bond donors (Lipinski definition) is 1. The maximum Gasteiger partial charge on any atom is 0.251 e. The Bertz CT molecular complexity index is 1600. The van der Waals surface area contributed by atoms with Crippen LogP contribution >= 0.6 is 0 Å². The molecular weight excluding hydrogens is 602 g/mol. The molecule has 0 spiro atoms. The van der Waals surface area contributed by atoms with E-state index in [-0.39, 0.29) is 18.9 Å². The molecule has 0 saturated carbocycles. The molecule has 0 aromatic heterocycles. The average Bonchev–Trinajstić information content (AvgIpc) is 3.26. The quantitative estimate of drug-likeness (QED) is 0.229. The topological polar surface area (TPSA) is 97.4 Å². The molecule has 5 rings (SSSR count). The van der Waals surface area contributed by atoms with Crippen LogP contribution in [0.3, 0.4) is 0 Å². The van der Waals surface area contributed by atoms with Crippen LogP contribution in [0.4, 0.5) is 11.4 Å². The lowest BCUT2D eigenvalue weighted by molar-refractivity contribution is -0.112. The van der Waals surface area contributed by atoms with Crippen LogP contribution in [0.2, 0.25) is 0 Å². The summed E-state index contributed by atoms with van der Waals surface area (Å²) in [6.07, 6.45) is 6.19. The van der Waals surface area contributed by atoms with Gasteiger partial charge in [-0.3, -0.25) is 14.0 Å². The summed E-state index contributed by atoms with van der Waals surface area (Å²) < 4.78 is 43.6. The minimum Gasteiger partial charge on any atom is -0.494 e. The van der Waals surface area contributed by atoms with Crippen LogP contribution in [-0.4, -0.2) is 78.1 Å². The second-order valence-corrected chi connectivity index (χ2v) is 13.8. The van der Waals surface area contributed by atoms with E-state index < -0.39 is 10.0 Å². The van der Waals surface area contributed by atoms with Crippen molar-refractivity contribution < 1.29 is 27.4 Å². The highest BCUT2D eigenvalue weighted by molar-refractivity contribution is 7.92. The second-order valence-electron chi connectivity index (χ2n) is 11.9. The van der Waals surface area contributed by atoms with Crippen molar-refractivity contribution in [3.8, 4) is 16.9 Å². The van der Waals surface area contributed by atoms with Gasteiger partial charge in [0.15, 0.2) is 0 Å². The maximum atomic E-state index is 13.5. The lowest BCUT2D eigenvalue weighted by atomic mass is 10.0. The van der Waals surface area contributed by atoms with Crippen LogP contribution in [0.15, 0.2) is 72.3 Å². The number of sulfonamides is 1. The van der Waals surface area contributed by atoms with E-state index in [0.717, 1.165) is 55.9 Å². The molecule has 0 radical (unpaired) electrons. The summed E-state index contributed by atoms with van der Waals surface area (Å²) in [4.78, 5) is 15.9. The highest BCUT2D eigenvalue weighted by Crippen LogP contribution is 2.34. The third-order valence-corrected chi connectivity index (χ3v) is 9.63. The molecule has 1 saturated heterocycles. The zero-order valence-electron chi connectivity index (χ0n) is 27.0. The van der Waals surface area contributed by atoms with E-state index >= 15 is 0 Å². The monoisotopic (exact) mass is 647 g/mol. The number of anilines is 2. The fourth-order valence-corrected chi connectivity index (χ4v) is 6.84. The number of benzene rings is 3. The lowest BCUT2D eigenvalue weighted by Gasteiger charge is -2.31. The van der Waals surface area contributed by atoms with Crippen LogP contribution in [0.25, 0.3) is 17.2 Å². The Kier molecular flexibility index (Phi) is 11.5. The summed E-state index contributed by atoms with van der Waals surface area (Å²) >= 11 is 0. The van der Waals surface area contributed by atoms with Crippen LogP contribution in [0.5, 0.6) is 5.75 Å². The second kappa shape index (κ2) is 15.7. The Morgan fingerprint density at radius 1 is 1.00 bits per heavy atom. The molecular formula is C36H45N3O6S. The van der Waals surface area contributed by atoms with E-state index in [9.17, 15) is 13.2 Å². The van der Waals surface area contributed by atoms with Crippen molar-refractivity contribution in [1.29, 1.82) is 0 Å². The third-order valence-electron chi connectivity index (χ3n) is 8.45. The first-order valence-corrected chi connectivity index (χ1v) is 17.9. The fourth-order valence-electron chi connectivity index (χ4n) is 5.89. The highest BCUT2D eigenvalue weighted by atomic mass is 32.2. The number of nitrogens with zero attached hydrogens (tertiary/aromatic N) is 2. The molecule has 2 aliphatic rings. The number of nitrogens with one attached hydrogen (secondary N) is 1. The Labute approximate surface area is 273 Å². The summed E-state index contributed by atoms with van der Waals surface area (Å²) in [7, 11) is -1.42. The van der Waals surface area contributed by atoms with Crippen molar-refractivity contribution in [1.82, 2.24) is 4.90 Å². The van der Waals surface area contributed by atoms with Gasteiger partial charge in [0, 0.05) is 63.2 Å². The van der Waals surface area contributed by atoms with Crippen molar-refractivity contribution in [2.24, 2.45) is 0 Å². The van der Waals surface area contributed by atoms with E-state index in [1.807, 2.05) is 79.7 Å². The molecule has 246 valence electrons. The molecule has 0 bridgehead atoms. The molecule has 2 heterocycles. The van der Waals surface area contributed by atoms with Crippen LogP contribution < -0.4 is 14.4 Å². The first kappa shape index (κ1) is 33.7. The van der Waals surface area contributed by atoms with Gasteiger partial charge in [-0.1, -0.05) is 30.3 Å². The van der Waals surface area contributed by atoms with E-state index in [4.69, 9.17) is 14.2 Å². The highest BCUT2D eigenvalue weighted by Gasteiger charge is 2.25. The van der Waals surface area contributed by atoms with E-state index in [1.54, 1.807) is 0 Å². The van der Waals surface area contributed by atoms with Gasteiger partial charge in [-0.2, -0.15) is 0 Å². The van der Waals surface area contributed by atoms with E-state index in [0.29, 0.717) is 48.4 Å². The number of rotatable bonds is 13. The Hall–Kier alpha value is -3.70. The van der Waals surface area contributed by atoms with Crippen LogP contribution in [-0.2, 0) is 30.8 Å². The molecule has 1 fully saturated rings. The summed E-state index contributed by atoms with van der Waals surface area (Å²) in [6.45, 7) is 6.54. The number of carbonyl (C=O) groups is 1. The largest absolute Gasteiger partial charge is 0.494 e. The number of ether oxygens (including phenoxy) is 3. The minimum absolute atomic E-state index is 0.178. The molecule has 2 aliphatic heterocycles. The summed E-state index contributed by atoms with van der Waals surface area (Å²) in [5, 5.41) is 3.02. The number of fused-ring (bicyclic) bond motifs is 1. The predicted molar refractivity (Wildman–Crippen MR) is 184 cm³/mol. The SMILES string of the molecule is CCOCCCOc1ccc(-c2ccc3c(c2)C=C(C(=O)Nc2ccc(CN(C)C4CCOCC4)cc2)CCN3S(C)(=O)=O)cc1. The molecule has 10 heteroatoms. The van der Waals surface area contributed by atoms with Crippen molar-refractivity contribution in [3.05, 3.63) is 83.4 Å². The van der Waals surface area contributed by atoms with Crippen LogP contribution in [0, 0.1) is 0 Å². The summed E-state index contributed by atoms with van der Waals surface area (Å²) in [5.41, 5.74) is 5.49. The van der Waals surface area contributed by atoms with Crippen molar-refractivity contribution in [3.63, 3.8) is 0 Å². The van der Waals surface area contributed by atoms with Gasteiger partial charge in [0.2, 0.25) is 10.0 Å². The lowest BCUT2D eigenvalue weighted by Crippen LogP contribution is -2.36. The molecule has 0 aliphatic carbocycles. The van der Waals surface area contributed by atoms with E-state index in [2.05, 4.69) is 17.3 Å². The van der Waals surface area contributed by atoms with Crippen molar-refractivity contribution >= 4 is 33.4 Å². The molecule has 3 aromatic carbocycles. The van der Waals surface area contributed by atoms with Gasteiger partial charge < -0.3 is 19.5 Å². The molecule has 9 nitrogen and oxygen atoms in total. The molecule has 1 amide bonds. The van der Waals surface area contributed by atoms with Crippen molar-refractivity contribution in [2.45, 2.75) is 45.2 Å². The van der Waals surface area contributed by atoms with Gasteiger partial charge in [-0.15, -0.1) is 0 Å². The average molecular weight is 648 g/mol. The van der Waals surface area contributed by atoms with Gasteiger partial charge in [-0.05, 0) is 98.0 Å². The first-order valence-electron chi connectivity index (χ1n) is 16.0. The summed E-state index contributed by atoms with van der Waals surface area (Å²) in [5.74, 6) is 0.529. The van der Waals surface area contributed by atoms with Gasteiger partial charge in [0.05, 0.1) is 18.6 Å². The van der Waals surface area contributed by atoms with Crippen LogP contribution in [0.1, 0.15) is 43.7 Å². The third kappa shape index (κ3) is 8.97. The number of amides is 1. The normalized spacial score (nSPS) is 15.7. The zero-order valence-corrected chi connectivity index (χ0v) is 27.9. The molecule has 0 unspecified atom stereocenters. The fraction of sp³-hybridized carbons (Fsp3) is 0.417. The predicted octanol–water partition coefficient (Wildman–Crippen LogP) is 5.96. The molecule has 1 N–H and O–H groups in total. The Balaban J connectivity index is 1.30. The standard InChI is InChI=1S/C36H45N3O6S/c1-4-43-20-5-21-45-34-13-8-28(9-14-34)29-10-15-35-31(24-29)25-30(16-19-39(35)46(3,41)42)36(40)37-32-11-6-27(7-12-32)26-38(2)33-17-22-44-23-18-33/h6-15,24-25,33H,4-5,16-23,26H2,1-3H3,(H,37,40). The van der Waals surface area contributed by atoms with E-state index in [1.165, 1.54) is 16.1 Å². The van der Waals surface area contributed by atoms with Gasteiger partial charge in [0.25, 0.3) is 5.91 Å². The first-order chi connectivity index (χ1) is 22.2. The maximum absolute atomic E-state index is 13.5. The minimum atomic E-state index is -3.56.